The minimum atomic E-state index is -0.0348. The van der Waals surface area contributed by atoms with E-state index in [2.05, 4.69) is 22.5 Å². The Bertz CT molecular complexity index is 853. The number of ether oxygens (including phenoxy) is 1. The third-order valence-corrected chi connectivity index (χ3v) is 4.11. The van der Waals surface area contributed by atoms with Crippen molar-refractivity contribution in [3.05, 3.63) is 59.9 Å². The number of para-hydroxylation sites is 2. The minimum absolute atomic E-state index is 0.0348. The number of nitrogens with zero attached hydrogens (tertiary/aromatic N) is 3. The first-order valence-corrected chi connectivity index (χ1v) is 7.97. The van der Waals surface area contributed by atoms with Crippen LogP contribution in [0.15, 0.2) is 48.5 Å². The molecule has 5 heteroatoms. The Labute approximate surface area is 141 Å². The van der Waals surface area contributed by atoms with E-state index < -0.39 is 0 Å². The number of hydrogen-bond acceptors (Lipinski definition) is 3. The molecule has 2 aromatic carbocycles. The average molecular weight is 323 g/mol. The Balaban J connectivity index is 1.83. The molecule has 0 N–H and O–H groups in total. The summed E-state index contributed by atoms with van der Waals surface area (Å²) in [5.74, 6) is 1.59. The van der Waals surface area contributed by atoms with Crippen LogP contribution in [0, 0.1) is 0 Å². The van der Waals surface area contributed by atoms with Gasteiger partial charge in [-0.3, -0.25) is 4.79 Å². The second-order valence-electron chi connectivity index (χ2n) is 5.65. The summed E-state index contributed by atoms with van der Waals surface area (Å²) in [7, 11) is 3.41. The monoisotopic (exact) mass is 323 g/mol. The van der Waals surface area contributed by atoms with E-state index in [1.807, 2.05) is 18.2 Å². The van der Waals surface area contributed by atoms with Crippen molar-refractivity contribution in [3.63, 3.8) is 0 Å². The van der Waals surface area contributed by atoms with Gasteiger partial charge in [-0.05, 0) is 43.3 Å². The first-order chi connectivity index (χ1) is 11.6. The normalized spacial score (nSPS) is 10.8. The summed E-state index contributed by atoms with van der Waals surface area (Å²) in [6.45, 7) is 3.37. The predicted molar refractivity (Wildman–Crippen MR) is 94.2 cm³/mol. The molecule has 0 aliphatic heterocycles. The lowest BCUT2D eigenvalue weighted by molar-refractivity contribution is 0.0780. The van der Waals surface area contributed by atoms with Crippen molar-refractivity contribution in [1.82, 2.24) is 14.5 Å². The van der Waals surface area contributed by atoms with E-state index in [9.17, 15) is 4.79 Å². The van der Waals surface area contributed by atoms with E-state index in [1.165, 1.54) is 0 Å². The first kappa shape index (κ1) is 16.1. The highest BCUT2D eigenvalue weighted by Crippen LogP contribution is 2.18. The molecule has 1 aromatic heterocycles. The van der Waals surface area contributed by atoms with E-state index in [0.717, 1.165) is 29.2 Å². The summed E-state index contributed by atoms with van der Waals surface area (Å²) in [4.78, 5) is 19.0. The van der Waals surface area contributed by atoms with Crippen LogP contribution in [-0.4, -0.2) is 34.5 Å². The van der Waals surface area contributed by atoms with Gasteiger partial charge in [0.2, 0.25) is 0 Å². The zero-order chi connectivity index (χ0) is 17.1. The fourth-order valence-electron chi connectivity index (χ4n) is 2.84. The molecule has 0 spiro atoms. The lowest BCUT2D eigenvalue weighted by Crippen LogP contribution is -2.27. The van der Waals surface area contributed by atoms with E-state index in [0.29, 0.717) is 12.1 Å². The van der Waals surface area contributed by atoms with Gasteiger partial charge in [0.1, 0.15) is 11.6 Å². The molecule has 0 saturated carbocycles. The van der Waals surface area contributed by atoms with Crippen LogP contribution < -0.4 is 4.74 Å². The number of rotatable bonds is 5. The number of benzene rings is 2. The van der Waals surface area contributed by atoms with Gasteiger partial charge in [0.15, 0.2) is 0 Å². The van der Waals surface area contributed by atoms with Crippen molar-refractivity contribution >= 4 is 16.9 Å². The van der Waals surface area contributed by atoms with Gasteiger partial charge in [-0.15, -0.1) is 0 Å². The van der Waals surface area contributed by atoms with Crippen molar-refractivity contribution in [2.24, 2.45) is 0 Å². The van der Waals surface area contributed by atoms with Crippen LogP contribution in [0.2, 0.25) is 0 Å². The van der Waals surface area contributed by atoms with Crippen LogP contribution in [0.4, 0.5) is 0 Å². The van der Waals surface area contributed by atoms with Crippen LogP contribution >= 0.6 is 0 Å². The number of imidazole rings is 1. The van der Waals surface area contributed by atoms with Gasteiger partial charge >= 0.3 is 0 Å². The van der Waals surface area contributed by atoms with Gasteiger partial charge in [0.25, 0.3) is 5.91 Å². The highest BCUT2D eigenvalue weighted by Gasteiger charge is 2.16. The van der Waals surface area contributed by atoms with E-state index in [-0.39, 0.29) is 5.91 Å². The van der Waals surface area contributed by atoms with Crippen LogP contribution in [0.3, 0.4) is 0 Å². The smallest absolute Gasteiger partial charge is 0.254 e. The number of methoxy groups -OCH3 is 1. The second-order valence-corrected chi connectivity index (χ2v) is 5.65. The van der Waals surface area contributed by atoms with Gasteiger partial charge in [-0.2, -0.15) is 0 Å². The Morgan fingerprint density at radius 3 is 2.54 bits per heavy atom. The van der Waals surface area contributed by atoms with Crippen LogP contribution in [0.1, 0.15) is 23.1 Å². The third kappa shape index (κ3) is 2.97. The van der Waals surface area contributed by atoms with E-state index in [4.69, 9.17) is 4.74 Å². The lowest BCUT2D eigenvalue weighted by Gasteiger charge is -2.18. The zero-order valence-electron chi connectivity index (χ0n) is 14.2. The average Bonchev–Trinajstić information content (AvgIpc) is 2.98. The topological polar surface area (TPSA) is 47.4 Å². The molecule has 0 radical (unpaired) electrons. The summed E-state index contributed by atoms with van der Waals surface area (Å²) in [6.07, 6.45) is 0. The fraction of sp³-hybridized carbons (Fsp3) is 0.263. The Hall–Kier alpha value is -2.82. The molecular weight excluding hydrogens is 302 g/mol. The Kier molecular flexibility index (Phi) is 4.51. The summed E-state index contributed by atoms with van der Waals surface area (Å²) < 4.78 is 7.28. The molecule has 3 aromatic rings. The van der Waals surface area contributed by atoms with Gasteiger partial charge in [-0.25, -0.2) is 4.98 Å². The highest BCUT2D eigenvalue weighted by molar-refractivity contribution is 5.94. The first-order valence-electron chi connectivity index (χ1n) is 7.97. The number of carbonyl (C=O) groups is 1. The molecule has 0 unspecified atom stereocenters. The van der Waals surface area contributed by atoms with Gasteiger partial charge in [0.05, 0.1) is 24.7 Å². The highest BCUT2D eigenvalue weighted by atomic mass is 16.5. The molecule has 0 aliphatic rings. The Morgan fingerprint density at radius 1 is 1.17 bits per heavy atom. The van der Waals surface area contributed by atoms with Crippen LogP contribution in [0.25, 0.3) is 11.0 Å². The lowest BCUT2D eigenvalue weighted by atomic mass is 10.2. The minimum Gasteiger partial charge on any atom is -0.497 e. The molecule has 124 valence electrons. The van der Waals surface area contributed by atoms with Crippen molar-refractivity contribution in [2.45, 2.75) is 20.0 Å². The van der Waals surface area contributed by atoms with Gasteiger partial charge in [-0.1, -0.05) is 12.1 Å². The van der Waals surface area contributed by atoms with Crippen molar-refractivity contribution < 1.29 is 9.53 Å². The fourth-order valence-corrected chi connectivity index (χ4v) is 2.84. The molecule has 1 amide bonds. The molecule has 0 aliphatic carbocycles. The molecule has 0 saturated heterocycles. The third-order valence-electron chi connectivity index (χ3n) is 4.11. The summed E-state index contributed by atoms with van der Waals surface area (Å²) in [6, 6.07) is 15.2. The Morgan fingerprint density at radius 2 is 1.88 bits per heavy atom. The number of amides is 1. The number of carbonyl (C=O) groups excluding carboxylic acids is 1. The molecule has 0 fully saturated rings. The summed E-state index contributed by atoms with van der Waals surface area (Å²) >= 11 is 0. The van der Waals surface area contributed by atoms with Crippen LogP contribution in [-0.2, 0) is 13.1 Å². The number of aromatic nitrogens is 2. The quantitative estimate of drug-likeness (QED) is 0.723. The maximum absolute atomic E-state index is 12.6. The molecule has 3 rings (SSSR count). The van der Waals surface area contributed by atoms with E-state index >= 15 is 0 Å². The molecule has 5 nitrogen and oxygen atoms in total. The van der Waals surface area contributed by atoms with E-state index in [1.54, 1.807) is 43.3 Å². The predicted octanol–water partition coefficient (Wildman–Crippen LogP) is 3.34. The maximum atomic E-state index is 12.6. The standard InChI is InChI=1S/C19H21N3O2/c1-4-22-17-8-6-5-7-16(17)20-18(22)13-21(2)19(23)14-9-11-15(24-3)12-10-14/h5-12H,4,13H2,1-3H3. The number of fused-ring (bicyclic) bond motifs is 1. The second kappa shape index (κ2) is 6.74. The van der Waals surface area contributed by atoms with Crippen LogP contribution in [0.5, 0.6) is 5.75 Å². The number of aryl methyl sites for hydroxylation is 1. The number of hydrogen-bond donors (Lipinski definition) is 0. The van der Waals surface area contributed by atoms with Crippen molar-refractivity contribution in [1.29, 1.82) is 0 Å². The van der Waals surface area contributed by atoms with Gasteiger partial charge in [0, 0.05) is 19.2 Å². The molecule has 1 heterocycles. The summed E-state index contributed by atoms with van der Waals surface area (Å²) in [5.41, 5.74) is 2.69. The molecule has 0 atom stereocenters. The van der Waals surface area contributed by atoms with Gasteiger partial charge < -0.3 is 14.2 Å². The largest absolute Gasteiger partial charge is 0.497 e. The SMILES string of the molecule is CCn1c(CN(C)C(=O)c2ccc(OC)cc2)nc2ccccc21. The maximum Gasteiger partial charge on any atom is 0.254 e. The molecule has 0 bridgehead atoms. The zero-order valence-corrected chi connectivity index (χ0v) is 14.2. The summed E-state index contributed by atoms with van der Waals surface area (Å²) in [5, 5.41) is 0. The molecule has 24 heavy (non-hydrogen) atoms. The van der Waals surface area contributed by atoms with Crippen molar-refractivity contribution in [3.8, 4) is 5.75 Å². The molecular formula is C19H21N3O2. The van der Waals surface area contributed by atoms with Crippen molar-refractivity contribution in [2.75, 3.05) is 14.2 Å².